The van der Waals surface area contributed by atoms with Gasteiger partial charge in [0.05, 0.1) is 6.04 Å². The van der Waals surface area contributed by atoms with Gasteiger partial charge in [-0.1, -0.05) is 13.8 Å². The maximum atomic E-state index is 11.5. The Bertz CT molecular complexity index is 297. The fourth-order valence-electron chi connectivity index (χ4n) is 3.03. The molecule has 1 heterocycles. The molecule has 1 aliphatic heterocycles. The minimum atomic E-state index is -0.201. The Morgan fingerprint density at radius 1 is 1.44 bits per heavy atom. The van der Waals surface area contributed by atoms with Gasteiger partial charge in [-0.3, -0.25) is 4.79 Å². The van der Waals surface area contributed by atoms with E-state index in [1.54, 1.807) is 0 Å². The molecule has 1 aliphatic carbocycles. The number of primary amides is 1. The van der Waals surface area contributed by atoms with Crippen LogP contribution in [0.15, 0.2) is 0 Å². The Balaban J connectivity index is 1.86. The van der Waals surface area contributed by atoms with Gasteiger partial charge in [0.25, 0.3) is 0 Å². The van der Waals surface area contributed by atoms with E-state index in [1.807, 2.05) is 0 Å². The van der Waals surface area contributed by atoms with Crippen LogP contribution in [0, 0.1) is 5.41 Å². The van der Waals surface area contributed by atoms with Crippen LogP contribution in [0.5, 0.6) is 0 Å². The number of nitrogens with one attached hydrogen (secondary N) is 1. The second-order valence-electron chi connectivity index (χ2n) is 6.09. The predicted octanol–water partition coefficient (Wildman–Crippen LogP) is 1.10. The third-order valence-electron chi connectivity index (χ3n) is 4.82. The summed E-state index contributed by atoms with van der Waals surface area (Å²) in [7, 11) is 0. The number of carbonyl (C=O) groups excluding carboxylic acids is 1. The maximum Gasteiger partial charge on any atom is 0.235 e. The molecule has 0 bridgehead atoms. The number of hydrogen-bond donors (Lipinski definition) is 2. The van der Waals surface area contributed by atoms with Crippen molar-refractivity contribution in [2.75, 3.05) is 19.6 Å². The van der Waals surface area contributed by atoms with Crippen molar-refractivity contribution in [1.29, 1.82) is 0 Å². The van der Waals surface area contributed by atoms with Gasteiger partial charge in [-0.25, -0.2) is 0 Å². The SMILES string of the molecule is CCC1(CC)CCN(CC(NC2CC2)C(N)=O)C1. The largest absolute Gasteiger partial charge is 0.368 e. The second kappa shape index (κ2) is 5.57. The molecule has 0 aromatic rings. The third kappa shape index (κ3) is 3.23. The van der Waals surface area contributed by atoms with E-state index in [0.29, 0.717) is 11.5 Å². The van der Waals surface area contributed by atoms with Gasteiger partial charge in [0, 0.05) is 19.1 Å². The van der Waals surface area contributed by atoms with Crippen LogP contribution in [0.25, 0.3) is 0 Å². The van der Waals surface area contributed by atoms with Crippen molar-refractivity contribution >= 4 is 5.91 Å². The van der Waals surface area contributed by atoms with Crippen molar-refractivity contribution in [2.24, 2.45) is 11.1 Å². The lowest BCUT2D eigenvalue weighted by atomic mass is 9.82. The topological polar surface area (TPSA) is 58.4 Å². The van der Waals surface area contributed by atoms with Crippen LogP contribution in [0.3, 0.4) is 0 Å². The van der Waals surface area contributed by atoms with Gasteiger partial charge in [0.2, 0.25) is 5.91 Å². The van der Waals surface area contributed by atoms with Crippen LogP contribution in [0.1, 0.15) is 46.0 Å². The highest BCUT2D eigenvalue weighted by molar-refractivity contribution is 5.80. The number of amides is 1. The lowest BCUT2D eigenvalue weighted by Crippen LogP contribution is -2.49. The molecule has 1 unspecified atom stereocenters. The lowest BCUT2D eigenvalue weighted by Gasteiger charge is -2.28. The number of nitrogens with zero attached hydrogens (tertiary/aromatic N) is 1. The first-order valence-corrected chi connectivity index (χ1v) is 7.36. The van der Waals surface area contributed by atoms with Gasteiger partial charge in [0.15, 0.2) is 0 Å². The average molecular weight is 253 g/mol. The zero-order valence-electron chi connectivity index (χ0n) is 11.7. The Morgan fingerprint density at radius 2 is 2.11 bits per heavy atom. The summed E-state index contributed by atoms with van der Waals surface area (Å²) in [4.78, 5) is 13.9. The van der Waals surface area contributed by atoms with Crippen LogP contribution < -0.4 is 11.1 Å². The molecule has 3 N–H and O–H groups in total. The summed E-state index contributed by atoms with van der Waals surface area (Å²) in [5.41, 5.74) is 5.97. The standard InChI is InChI=1S/C14H27N3O/c1-3-14(4-2)7-8-17(10-14)9-12(13(15)18)16-11-5-6-11/h11-12,16H,3-10H2,1-2H3,(H2,15,18). The molecule has 0 aromatic heterocycles. The highest BCUT2D eigenvalue weighted by Gasteiger charge is 2.37. The molecule has 0 spiro atoms. The van der Waals surface area contributed by atoms with E-state index in [2.05, 4.69) is 24.1 Å². The van der Waals surface area contributed by atoms with Crippen molar-refractivity contribution in [1.82, 2.24) is 10.2 Å². The van der Waals surface area contributed by atoms with E-state index in [1.165, 1.54) is 32.1 Å². The lowest BCUT2D eigenvalue weighted by molar-refractivity contribution is -0.120. The number of carbonyl (C=O) groups is 1. The van der Waals surface area contributed by atoms with Crippen molar-refractivity contribution in [3.63, 3.8) is 0 Å². The van der Waals surface area contributed by atoms with E-state index in [0.717, 1.165) is 19.6 Å². The molecule has 2 aliphatic rings. The van der Waals surface area contributed by atoms with Gasteiger partial charge >= 0.3 is 0 Å². The molecule has 4 heteroatoms. The quantitative estimate of drug-likeness (QED) is 0.714. The van der Waals surface area contributed by atoms with Crippen molar-refractivity contribution < 1.29 is 4.79 Å². The van der Waals surface area contributed by atoms with E-state index in [4.69, 9.17) is 5.73 Å². The monoisotopic (exact) mass is 253 g/mol. The predicted molar refractivity (Wildman–Crippen MR) is 73.2 cm³/mol. The molecule has 1 atom stereocenters. The molecule has 18 heavy (non-hydrogen) atoms. The fourth-order valence-corrected chi connectivity index (χ4v) is 3.03. The van der Waals surface area contributed by atoms with Gasteiger partial charge in [-0.2, -0.15) is 0 Å². The van der Waals surface area contributed by atoms with Gasteiger partial charge in [0.1, 0.15) is 0 Å². The van der Waals surface area contributed by atoms with Gasteiger partial charge < -0.3 is 16.0 Å². The fraction of sp³-hybridized carbons (Fsp3) is 0.929. The Hall–Kier alpha value is -0.610. The molecule has 1 amide bonds. The van der Waals surface area contributed by atoms with E-state index in [-0.39, 0.29) is 11.9 Å². The minimum Gasteiger partial charge on any atom is -0.368 e. The Morgan fingerprint density at radius 3 is 2.56 bits per heavy atom. The number of nitrogens with two attached hydrogens (primary N) is 1. The molecule has 0 aromatic carbocycles. The van der Waals surface area contributed by atoms with E-state index < -0.39 is 0 Å². The van der Waals surface area contributed by atoms with Crippen molar-refractivity contribution in [3.05, 3.63) is 0 Å². The Kier molecular flexibility index (Phi) is 4.28. The summed E-state index contributed by atoms with van der Waals surface area (Å²) in [6.45, 7) is 7.57. The maximum absolute atomic E-state index is 11.5. The summed E-state index contributed by atoms with van der Waals surface area (Å²) in [6.07, 6.45) is 6.11. The molecular formula is C14H27N3O. The third-order valence-corrected chi connectivity index (χ3v) is 4.82. The van der Waals surface area contributed by atoms with Crippen LogP contribution in [-0.4, -0.2) is 42.5 Å². The molecular weight excluding hydrogens is 226 g/mol. The van der Waals surface area contributed by atoms with Gasteiger partial charge in [-0.15, -0.1) is 0 Å². The normalized spacial score (nSPS) is 25.2. The summed E-state index contributed by atoms with van der Waals surface area (Å²) in [6, 6.07) is 0.370. The zero-order chi connectivity index (χ0) is 13.2. The van der Waals surface area contributed by atoms with E-state index in [9.17, 15) is 4.79 Å². The summed E-state index contributed by atoms with van der Waals surface area (Å²) in [5, 5.41) is 3.36. The average Bonchev–Trinajstić information content (AvgIpc) is 3.08. The summed E-state index contributed by atoms with van der Waals surface area (Å²) < 4.78 is 0. The van der Waals surface area contributed by atoms with Gasteiger partial charge in [-0.05, 0) is 44.1 Å². The molecule has 1 saturated heterocycles. The second-order valence-corrected chi connectivity index (χ2v) is 6.09. The summed E-state index contributed by atoms with van der Waals surface area (Å²) in [5.74, 6) is -0.201. The molecule has 104 valence electrons. The molecule has 4 nitrogen and oxygen atoms in total. The minimum absolute atomic E-state index is 0.165. The first-order chi connectivity index (χ1) is 8.58. The molecule has 2 fully saturated rings. The van der Waals surface area contributed by atoms with Crippen LogP contribution >= 0.6 is 0 Å². The smallest absolute Gasteiger partial charge is 0.235 e. The highest BCUT2D eigenvalue weighted by Crippen LogP contribution is 2.36. The number of rotatable bonds is 7. The first kappa shape index (κ1) is 13.8. The van der Waals surface area contributed by atoms with Crippen molar-refractivity contribution in [2.45, 2.75) is 58.0 Å². The number of likely N-dealkylation sites (tertiary alicyclic amines) is 1. The van der Waals surface area contributed by atoms with Crippen molar-refractivity contribution in [3.8, 4) is 0 Å². The van der Waals surface area contributed by atoms with Crippen LogP contribution in [0.4, 0.5) is 0 Å². The molecule has 2 rings (SSSR count). The first-order valence-electron chi connectivity index (χ1n) is 7.36. The van der Waals surface area contributed by atoms with Crippen LogP contribution in [-0.2, 0) is 4.79 Å². The molecule has 0 radical (unpaired) electrons. The van der Waals surface area contributed by atoms with Crippen LogP contribution in [0.2, 0.25) is 0 Å². The van der Waals surface area contributed by atoms with E-state index >= 15 is 0 Å². The highest BCUT2D eigenvalue weighted by atomic mass is 16.1. The Labute approximate surface area is 110 Å². The zero-order valence-corrected chi connectivity index (χ0v) is 11.7. The molecule has 1 saturated carbocycles. The number of hydrogen-bond acceptors (Lipinski definition) is 3. The summed E-state index contributed by atoms with van der Waals surface area (Å²) >= 11 is 0.